The summed E-state index contributed by atoms with van der Waals surface area (Å²) in [6.45, 7) is 2.65. The molecule has 5 heteroatoms. The molecule has 0 heterocycles. The molecule has 0 atom stereocenters. The summed E-state index contributed by atoms with van der Waals surface area (Å²) in [6.07, 6.45) is 1.23. The van der Waals surface area contributed by atoms with Crippen LogP contribution in [0, 0.1) is 5.82 Å². The van der Waals surface area contributed by atoms with Gasteiger partial charge in [-0.25, -0.2) is 9.18 Å². The Balaban J connectivity index is 1.92. The summed E-state index contributed by atoms with van der Waals surface area (Å²) in [5.74, 6) is -1.70. The second kappa shape index (κ2) is 9.63. The summed E-state index contributed by atoms with van der Waals surface area (Å²) >= 11 is 0. The zero-order chi connectivity index (χ0) is 18.9. The van der Waals surface area contributed by atoms with Crippen molar-refractivity contribution in [2.75, 3.05) is 20.2 Å². The summed E-state index contributed by atoms with van der Waals surface area (Å²) in [4.78, 5) is 25.9. The van der Waals surface area contributed by atoms with Gasteiger partial charge in [0, 0.05) is 18.7 Å². The molecule has 0 aliphatic rings. The Bertz CT molecular complexity index is 787. The largest absolute Gasteiger partial charge is 0.461 e. The number of hydrogen-bond donors (Lipinski definition) is 0. The predicted octanol–water partition coefficient (Wildman–Crippen LogP) is 3.47. The molecule has 0 N–H and O–H groups in total. The summed E-state index contributed by atoms with van der Waals surface area (Å²) in [5, 5.41) is 0. The van der Waals surface area contributed by atoms with Crippen molar-refractivity contribution in [2.45, 2.75) is 13.5 Å². The van der Waals surface area contributed by atoms with Gasteiger partial charge >= 0.3 is 5.97 Å². The van der Waals surface area contributed by atoms with E-state index in [4.69, 9.17) is 4.74 Å². The number of likely N-dealkylation sites (N-methyl/N-ethyl adjacent to an activating group) is 1. The number of nitrogens with zero attached hydrogens (tertiary/aromatic N) is 1. The van der Waals surface area contributed by atoms with Crippen molar-refractivity contribution in [3.8, 4) is 0 Å². The molecule has 0 spiro atoms. The van der Waals surface area contributed by atoms with Crippen LogP contribution >= 0.6 is 0 Å². The first-order valence-electron chi connectivity index (χ1n) is 8.34. The van der Waals surface area contributed by atoms with Gasteiger partial charge in [-0.05, 0) is 31.7 Å². The standard InChI is InChI=1S/C21H22FNO3/c1-16(24)19(14-18-10-6-7-11-20(18)22)21(25)26-13-12-23(2)15-17-8-4-3-5-9-17/h3-11,14H,12-13,15H2,1-2H3. The summed E-state index contributed by atoms with van der Waals surface area (Å²) in [6, 6.07) is 15.9. The van der Waals surface area contributed by atoms with E-state index in [-0.39, 0.29) is 17.7 Å². The maximum Gasteiger partial charge on any atom is 0.341 e. The third-order valence-electron chi connectivity index (χ3n) is 3.81. The van der Waals surface area contributed by atoms with Crippen molar-refractivity contribution in [3.05, 3.63) is 77.1 Å². The van der Waals surface area contributed by atoms with Crippen molar-refractivity contribution in [1.82, 2.24) is 4.90 Å². The first-order chi connectivity index (χ1) is 12.5. The van der Waals surface area contributed by atoms with E-state index in [9.17, 15) is 14.0 Å². The minimum atomic E-state index is -0.742. The van der Waals surface area contributed by atoms with Crippen LogP contribution < -0.4 is 0 Å². The quantitative estimate of drug-likeness (QED) is 0.315. The summed E-state index contributed by atoms with van der Waals surface area (Å²) in [7, 11) is 1.92. The zero-order valence-corrected chi connectivity index (χ0v) is 14.9. The first kappa shape index (κ1) is 19.5. The molecular formula is C21H22FNO3. The Morgan fingerprint density at radius 3 is 2.38 bits per heavy atom. The van der Waals surface area contributed by atoms with Gasteiger partial charge in [-0.15, -0.1) is 0 Å². The molecule has 0 bridgehead atoms. The third kappa shape index (κ3) is 5.93. The molecule has 0 aliphatic heterocycles. The van der Waals surface area contributed by atoms with E-state index in [1.54, 1.807) is 12.1 Å². The molecule has 2 aromatic rings. The van der Waals surface area contributed by atoms with E-state index in [0.29, 0.717) is 6.54 Å². The molecule has 136 valence electrons. The second-order valence-corrected chi connectivity index (χ2v) is 6.00. The molecule has 0 fully saturated rings. The molecule has 0 aromatic heterocycles. The van der Waals surface area contributed by atoms with Crippen LogP contribution in [0.1, 0.15) is 18.1 Å². The number of Topliss-reactive ketones (excluding diaryl/α,β-unsaturated/α-hetero) is 1. The Labute approximate surface area is 152 Å². The van der Waals surface area contributed by atoms with Crippen LogP contribution in [0.15, 0.2) is 60.2 Å². The van der Waals surface area contributed by atoms with Gasteiger partial charge in [-0.3, -0.25) is 9.69 Å². The van der Waals surface area contributed by atoms with E-state index < -0.39 is 17.6 Å². The first-order valence-corrected chi connectivity index (χ1v) is 8.34. The molecule has 0 radical (unpaired) electrons. The van der Waals surface area contributed by atoms with Gasteiger partial charge in [0.25, 0.3) is 0 Å². The number of hydrogen-bond acceptors (Lipinski definition) is 4. The van der Waals surface area contributed by atoms with Crippen molar-refractivity contribution in [2.24, 2.45) is 0 Å². The van der Waals surface area contributed by atoms with E-state index in [1.165, 1.54) is 25.1 Å². The van der Waals surface area contributed by atoms with E-state index in [0.717, 1.165) is 12.1 Å². The van der Waals surface area contributed by atoms with Crippen LogP contribution in [-0.2, 0) is 20.9 Å². The molecule has 2 rings (SSSR count). The van der Waals surface area contributed by atoms with Crippen LogP contribution in [-0.4, -0.2) is 36.9 Å². The van der Waals surface area contributed by atoms with Gasteiger partial charge in [-0.2, -0.15) is 0 Å². The van der Waals surface area contributed by atoms with Crippen LogP contribution in [0.4, 0.5) is 4.39 Å². The molecule has 0 aliphatic carbocycles. The van der Waals surface area contributed by atoms with Crippen molar-refractivity contribution >= 4 is 17.8 Å². The topological polar surface area (TPSA) is 46.6 Å². The van der Waals surface area contributed by atoms with Gasteiger partial charge in [0.05, 0.1) is 0 Å². The van der Waals surface area contributed by atoms with Gasteiger partial charge in [0.2, 0.25) is 0 Å². The molecule has 0 saturated carbocycles. The van der Waals surface area contributed by atoms with Gasteiger partial charge in [-0.1, -0.05) is 48.5 Å². The van der Waals surface area contributed by atoms with Crippen LogP contribution in [0.5, 0.6) is 0 Å². The predicted molar refractivity (Wildman–Crippen MR) is 98.8 cm³/mol. The highest BCUT2D eigenvalue weighted by Crippen LogP contribution is 2.13. The van der Waals surface area contributed by atoms with Crippen molar-refractivity contribution in [3.63, 3.8) is 0 Å². The van der Waals surface area contributed by atoms with Crippen LogP contribution in [0.25, 0.3) is 6.08 Å². The highest BCUT2D eigenvalue weighted by atomic mass is 19.1. The zero-order valence-electron chi connectivity index (χ0n) is 14.9. The molecular weight excluding hydrogens is 333 g/mol. The number of benzene rings is 2. The maximum atomic E-state index is 13.7. The van der Waals surface area contributed by atoms with Crippen molar-refractivity contribution in [1.29, 1.82) is 0 Å². The van der Waals surface area contributed by atoms with E-state index in [2.05, 4.69) is 0 Å². The average molecular weight is 355 g/mol. The summed E-state index contributed by atoms with van der Waals surface area (Å²) in [5.41, 5.74) is 1.17. The fourth-order valence-corrected chi connectivity index (χ4v) is 2.40. The Morgan fingerprint density at radius 2 is 1.73 bits per heavy atom. The maximum absolute atomic E-state index is 13.7. The lowest BCUT2D eigenvalue weighted by atomic mass is 10.1. The number of ether oxygens (including phenoxy) is 1. The molecule has 0 unspecified atom stereocenters. The monoisotopic (exact) mass is 355 g/mol. The van der Waals surface area contributed by atoms with E-state index in [1.807, 2.05) is 42.3 Å². The fourth-order valence-electron chi connectivity index (χ4n) is 2.40. The number of carbonyl (C=O) groups is 2. The summed E-state index contributed by atoms with van der Waals surface area (Å²) < 4.78 is 18.9. The fraction of sp³-hybridized carbons (Fsp3) is 0.238. The minimum absolute atomic E-state index is 0.143. The highest BCUT2D eigenvalue weighted by Gasteiger charge is 2.17. The molecule has 0 saturated heterocycles. The minimum Gasteiger partial charge on any atom is -0.461 e. The lowest BCUT2D eigenvalue weighted by Crippen LogP contribution is -2.25. The Morgan fingerprint density at radius 1 is 1.08 bits per heavy atom. The highest BCUT2D eigenvalue weighted by molar-refractivity contribution is 6.19. The number of carbonyl (C=O) groups excluding carboxylic acids is 2. The number of rotatable bonds is 8. The van der Waals surface area contributed by atoms with Gasteiger partial charge < -0.3 is 4.74 Å². The Kier molecular flexibility index (Phi) is 7.24. The number of ketones is 1. The van der Waals surface area contributed by atoms with E-state index >= 15 is 0 Å². The molecule has 4 nitrogen and oxygen atoms in total. The SMILES string of the molecule is CC(=O)C(=Cc1ccccc1F)C(=O)OCCN(C)Cc1ccccc1. The third-order valence-corrected chi connectivity index (χ3v) is 3.81. The molecule has 26 heavy (non-hydrogen) atoms. The van der Waals surface area contributed by atoms with Gasteiger partial charge in [0.15, 0.2) is 5.78 Å². The molecule has 0 amide bonds. The lowest BCUT2D eigenvalue weighted by Gasteiger charge is -2.16. The average Bonchev–Trinajstić information content (AvgIpc) is 2.61. The van der Waals surface area contributed by atoms with Crippen molar-refractivity contribution < 1.29 is 18.7 Å². The Hall–Kier alpha value is -2.79. The van der Waals surface area contributed by atoms with Crippen LogP contribution in [0.3, 0.4) is 0 Å². The number of halogens is 1. The molecule has 2 aromatic carbocycles. The normalized spacial score (nSPS) is 11.5. The van der Waals surface area contributed by atoms with Gasteiger partial charge in [0.1, 0.15) is 18.0 Å². The van der Waals surface area contributed by atoms with Crippen LogP contribution in [0.2, 0.25) is 0 Å². The second-order valence-electron chi connectivity index (χ2n) is 6.00. The number of esters is 1. The lowest BCUT2D eigenvalue weighted by molar-refractivity contribution is -0.140. The smallest absolute Gasteiger partial charge is 0.341 e.